The maximum atomic E-state index is 14.0. The van der Waals surface area contributed by atoms with Crippen molar-refractivity contribution in [3.63, 3.8) is 0 Å². The minimum atomic E-state index is -0.687. The summed E-state index contributed by atoms with van der Waals surface area (Å²) >= 11 is 0. The van der Waals surface area contributed by atoms with Gasteiger partial charge in [-0.15, -0.1) is 0 Å². The molecule has 5 heteroatoms. The highest BCUT2D eigenvalue weighted by Gasteiger charge is 2.42. The number of hydrogen-bond donors (Lipinski definition) is 1. The number of carbonyl (C=O) groups is 1. The number of hydrogen-bond acceptors (Lipinski definition) is 2. The van der Waals surface area contributed by atoms with Gasteiger partial charge in [0.2, 0.25) is 5.91 Å². The van der Waals surface area contributed by atoms with Crippen LogP contribution in [-0.4, -0.2) is 28.6 Å². The van der Waals surface area contributed by atoms with Crippen molar-refractivity contribution in [1.82, 2.24) is 4.90 Å². The maximum absolute atomic E-state index is 14.0. The van der Waals surface area contributed by atoms with Gasteiger partial charge in [0, 0.05) is 18.0 Å². The summed E-state index contributed by atoms with van der Waals surface area (Å²) in [7, 11) is 0. The first kappa shape index (κ1) is 14.4. The van der Waals surface area contributed by atoms with E-state index >= 15 is 0 Å². The van der Waals surface area contributed by atoms with E-state index in [0.29, 0.717) is 5.92 Å². The number of likely N-dealkylation sites (tertiary alicyclic amines) is 1. The number of aliphatic hydroxyl groups excluding tert-OH is 1. The number of halogens is 2. The predicted octanol–water partition coefficient (Wildman–Crippen LogP) is 2.65. The minimum Gasteiger partial charge on any atom is -0.391 e. The smallest absolute Gasteiger partial charge is 0.226 e. The van der Waals surface area contributed by atoms with E-state index in [-0.39, 0.29) is 30.4 Å². The molecule has 3 rings (SSSR count). The molecule has 0 aromatic heterocycles. The second-order valence-electron chi connectivity index (χ2n) is 6.19. The van der Waals surface area contributed by atoms with Gasteiger partial charge in [0.15, 0.2) is 0 Å². The van der Waals surface area contributed by atoms with E-state index in [4.69, 9.17) is 0 Å². The van der Waals surface area contributed by atoms with Crippen LogP contribution in [0.3, 0.4) is 0 Å². The topological polar surface area (TPSA) is 40.5 Å². The standard InChI is InChI=1S/C16H19F2NO2/c1-9(10-2-3-10)16(21)19-8-12(20)7-15(19)13-6-11(17)4-5-14(13)18/h4-6,9-10,12,15,20H,2-3,7-8H2,1H3. The summed E-state index contributed by atoms with van der Waals surface area (Å²) in [6.45, 7) is 2.07. The van der Waals surface area contributed by atoms with Gasteiger partial charge in [-0.2, -0.15) is 0 Å². The number of amides is 1. The Morgan fingerprint density at radius 1 is 1.38 bits per heavy atom. The predicted molar refractivity (Wildman–Crippen MR) is 73.3 cm³/mol. The third-order valence-corrected chi connectivity index (χ3v) is 4.60. The zero-order valence-electron chi connectivity index (χ0n) is 11.9. The number of nitrogens with zero attached hydrogens (tertiary/aromatic N) is 1. The van der Waals surface area contributed by atoms with Crippen LogP contribution in [0, 0.1) is 23.5 Å². The molecular weight excluding hydrogens is 276 g/mol. The molecule has 1 saturated heterocycles. The van der Waals surface area contributed by atoms with Gasteiger partial charge in [-0.25, -0.2) is 8.78 Å². The van der Waals surface area contributed by atoms with Gasteiger partial charge < -0.3 is 10.0 Å². The highest BCUT2D eigenvalue weighted by Crippen LogP contribution is 2.41. The molecule has 3 nitrogen and oxygen atoms in total. The Balaban J connectivity index is 1.88. The van der Waals surface area contributed by atoms with Crippen LogP contribution in [0.25, 0.3) is 0 Å². The van der Waals surface area contributed by atoms with Crippen molar-refractivity contribution in [2.75, 3.05) is 6.54 Å². The molecule has 2 fully saturated rings. The fourth-order valence-electron chi connectivity index (χ4n) is 3.18. The normalized spacial score (nSPS) is 27.0. The summed E-state index contributed by atoms with van der Waals surface area (Å²) in [5.74, 6) is -0.854. The lowest BCUT2D eigenvalue weighted by Crippen LogP contribution is -2.36. The maximum Gasteiger partial charge on any atom is 0.226 e. The molecule has 3 unspecified atom stereocenters. The minimum absolute atomic E-state index is 0.0669. The van der Waals surface area contributed by atoms with Crippen molar-refractivity contribution in [2.45, 2.75) is 38.3 Å². The average molecular weight is 295 g/mol. The molecule has 1 aliphatic heterocycles. The van der Waals surface area contributed by atoms with E-state index in [1.54, 1.807) is 0 Å². The summed E-state index contributed by atoms with van der Waals surface area (Å²) in [5.41, 5.74) is 0.155. The zero-order chi connectivity index (χ0) is 15.1. The van der Waals surface area contributed by atoms with Crippen LogP contribution in [0.2, 0.25) is 0 Å². The van der Waals surface area contributed by atoms with Gasteiger partial charge in [-0.05, 0) is 43.4 Å². The molecule has 1 heterocycles. The lowest BCUT2D eigenvalue weighted by molar-refractivity contribution is -0.137. The lowest BCUT2D eigenvalue weighted by Gasteiger charge is -2.28. The molecule has 21 heavy (non-hydrogen) atoms. The quantitative estimate of drug-likeness (QED) is 0.931. The number of β-amino-alcohol motifs (C(OH)–C–C–N with tert-alkyl or cyclic N) is 1. The summed E-state index contributed by atoms with van der Waals surface area (Å²) < 4.78 is 27.4. The van der Waals surface area contributed by atoms with Gasteiger partial charge in [-0.3, -0.25) is 4.79 Å². The monoisotopic (exact) mass is 295 g/mol. The van der Waals surface area contributed by atoms with Crippen molar-refractivity contribution in [2.24, 2.45) is 11.8 Å². The molecule has 1 aromatic carbocycles. The van der Waals surface area contributed by atoms with Crippen LogP contribution in [0.4, 0.5) is 8.78 Å². The SMILES string of the molecule is CC(C(=O)N1CC(O)CC1c1cc(F)ccc1F)C1CC1. The van der Waals surface area contributed by atoms with Crippen LogP contribution >= 0.6 is 0 Å². The molecule has 1 amide bonds. The van der Waals surface area contributed by atoms with Crippen LogP contribution < -0.4 is 0 Å². The van der Waals surface area contributed by atoms with Crippen molar-refractivity contribution in [1.29, 1.82) is 0 Å². The summed E-state index contributed by atoms with van der Waals surface area (Å²) in [5, 5.41) is 9.87. The van der Waals surface area contributed by atoms with Crippen molar-refractivity contribution < 1.29 is 18.7 Å². The second kappa shape index (κ2) is 5.37. The number of carbonyl (C=O) groups excluding carboxylic acids is 1. The molecule has 0 radical (unpaired) electrons. The molecule has 1 aliphatic carbocycles. The fraction of sp³-hybridized carbons (Fsp3) is 0.562. The molecule has 1 saturated carbocycles. The summed E-state index contributed by atoms with van der Waals surface area (Å²) in [4.78, 5) is 14.1. The third-order valence-electron chi connectivity index (χ3n) is 4.60. The van der Waals surface area contributed by atoms with Gasteiger partial charge in [-0.1, -0.05) is 6.92 Å². The van der Waals surface area contributed by atoms with Crippen molar-refractivity contribution in [3.8, 4) is 0 Å². The molecule has 1 N–H and O–H groups in total. The average Bonchev–Trinajstić information content (AvgIpc) is 3.23. The highest BCUT2D eigenvalue weighted by atomic mass is 19.1. The molecule has 0 bridgehead atoms. The molecule has 2 aliphatic rings. The molecule has 3 atom stereocenters. The van der Waals surface area contributed by atoms with Crippen LogP contribution in [-0.2, 0) is 4.79 Å². The van der Waals surface area contributed by atoms with E-state index in [2.05, 4.69) is 0 Å². The van der Waals surface area contributed by atoms with E-state index < -0.39 is 23.8 Å². The van der Waals surface area contributed by atoms with E-state index in [1.165, 1.54) is 4.90 Å². The largest absolute Gasteiger partial charge is 0.391 e. The van der Waals surface area contributed by atoms with E-state index in [0.717, 1.165) is 31.0 Å². The van der Waals surface area contributed by atoms with Crippen LogP contribution in [0.5, 0.6) is 0 Å². The molecule has 1 aromatic rings. The Morgan fingerprint density at radius 2 is 2.10 bits per heavy atom. The zero-order valence-corrected chi connectivity index (χ0v) is 11.9. The Labute approximate surface area is 122 Å². The van der Waals surface area contributed by atoms with Crippen molar-refractivity contribution >= 4 is 5.91 Å². The van der Waals surface area contributed by atoms with Crippen LogP contribution in [0.1, 0.15) is 37.8 Å². The third kappa shape index (κ3) is 2.79. The molecule has 114 valence electrons. The van der Waals surface area contributed by atoms with Gasteiger partial charge in [0.05, 0.1) is 12.1 Å². The van der Waals surface area contributed by atoms with Gasteiger partial charge >= 0.3 is 0 Å². The summed E-state index contributed by atoms with van der Waals surface area (Å²) in [6.07, 6.45) is 1.65. The van der Waals surface area contributed by atoms with Crippen LogP contribution in [0.15, 0.2) is 18.2 Å². The Kier molecular flexibility index (Phi) is 3.69. The number of rotatable bonds is 3. The van der Waals surface area contributed by atoms with E-state index in [1.807, 2.05) is 6.92 Å². The molecular formula is C16H19F2NO2. The van der Waals surface area contributed by atoms with Gasteiger partial charge in [0.1, 0.15) is 11.6 Å². The number of benzene rings is 1. The Morgan fingerprint density at radius 3 is 2.76 bits per heavy atom. The fourth-order valence-corrected chi connectivity index (χ4v) is 3.18. The Bertz CT molecular complexity index is 559. The van der Waals surface area contributed by atoms with E-state index in [9.17, 15) is 18.7 Å². The Hall–Kier alpha value is -1.49. The first-order chi connectivity index (χ1) is 9.97. The first-order valence-electron chi connectivity index (χ1n) is 7.41. The second-order valence-corrected chi connectivity index (χ2v) is 6.19. The lowest BCUT2D eigenvalue weighted by atomic mass is 10.00. The summed E-state index contributed by atoms with van der Waals surface area (Å²) in [6, 6.07) is 2.68. The van der Waals surface area contributed by atoms with Crippen molar-refractivity contribution in [3.05, 3.63) is 35.4 Å². The van der Waals surface area contributed by atoms with Gasteiger partial charge in [0.25, 0.3) is 0 Å². The first-order valence-corrected chi connectivity index (χ1v) is 7.41. The highest BCUT2D eigenvalue weighted by molar-refractivity contribution is 5.80. The number of aliphatic hydroxyl groups is 1. The molecule has 0 spiro atoms.